The molecule has 1 heterocycles. The summed E-state index contributed by atoms with van der Waals surface area (Å²) in [5.41, 5.74) is 6.01. The first-order chi connectivity index (χ1) is 10.6. The number of para-hydroxylation sites is 1. The molecule has 1 aromatic carbocycles. The van der Waals surface area contributed by atoms with Gasteiger partial charge in [-0.2, -0.15) is 0 Å². The second-order valence-electron chi connectivity index (χ2n) is 5.22. The summed E-state index contributed by atoms with van der Waals surface area (Å²) < 4.78 is 0. The summed E-state index contributed by atoms with van der Waals surface area (Å²) in [6.07, 6.45) is 0.382. The van der Waals surface area contributed by atoms with Gasteiger partial charge in [-0.1, -0.05) is 23.7 Å². The summed E-state index contributed by atoms with van der Waals surface area (Å²) in [4.78, 5) is 27.6. The van der Waals surface area contributed by atoms with E-state index < -0.39 is 0 Å². The lowest BCUT2D eigenvalue weighted by Gasteiger charge is -2.34. The molecule has 6 nitrogen and oxygen atoms in total. The maximum Gasteiger partial charge on any atom is 0.238 e. The summed E-state index contributed by atoms with van der Waals surface area (Å²) in [7, 11) is 0. The quantitative estimate of drug-likeness (QED) is 0.838. The number of amides is 2. The van der Waals surface area contributed by atoms with E-state index in [0.29, 0.717) is 56.4 Å². The smallest absolute Gasteiger partial charge is 0.238 e. The summed E-state index contributed by atoms with van der Waals surface area (Å²) in [5, 5.41) is 3.32. The number of piperazine rings is 1. The van der Waals surface area contributed by atoms with Crippen molar-refractivity contribution < 1.29 is 9.59 Å². The maximum absolute atomic E-state index is 12.0. The van der Waals surface area contributed by atoms with E-state index in [1.54, 1.807) is 17.0 Å². The molecule has 1 saturated heterocycles. The van der Waals surface area contributed by atoms with Crippen LogP contribution >= 0.6 is 11.6 Å². The van der Waals surface area contributed by atoms with Crippen molar-refractivity contribution in [3.63, 3.8) is 0 Å². The van der Waals surface area contributed by atoms with Gasteiger partial charge in [-0.05, 0) is 12.1 Å². The molecule has 0 spiro atoms. The fourth-order valence-electron chi connectivity index (χ4n) is 2.39. The zero-order valence-corrected chi connectivity index (χ0v) is 13.2. The summed E-state index contributed by atoms with van der Waals surface area (Å²) >= 11 is 6.01. The van der Waals surface area contributed by atoms with Crippen LogP contribution in [0.15, 0.2) is 24.3 Å². The Morgan fingerprint density at radius 1 is 1.18 bits per heavy atom. The van der Waals surface area contributed by atoms with Gasteiger partial charge in [-0.3, -0.25) is 14.5 Å². The molecule has 7 heteroatoms. The van der Waals surface area contributed by atoms with Crippen molar-refractivity contribution >= 4 is 29.1 Å². The number of benzene rings is 1. The van der Waals surface area contributed by atoms with Crippen LogP contribution in [0.1, 0.15) is 6.42 Å². The molecule has 22 heavy (non-hydrogen) atoms. The molecule has 1 aliphatic heterocycles. The number of nitrogens with two attached hydrogens (primary N) is 1. The second-order valence-corrected chi connectivity index (χ2v) is 5.63. The normalized spacial score (nSPS) is 15.6. The van der Waals surface area contributed by atoms with Crippen molar-refractivity contribution in [2.75, 3.05) is 44.6 Å². The minimum Gasteiger partial charge on any atom is -0.340 e. The van der Waals surface area contributed by atoms with E-state index in [1.165, 1.54) is 0 Å². The number of anilines is 1. The number of nitrogens with one attached hydrogen (secondary N) is 1. The van der Waals surface area contributed by atoms with Crippen molar-refractivity contribution in [3.8, 4) is 0 Å². The Labute approximate surface area is 135 Å². The first-order valence-corrected chi connectivity index (χ1v) is 7.72. The molecule has 0 aromatic heterocycles. The van der Waals surface area contributed by atoms with Gasteiger partial charge in [0.25, 0.3) is 0 Å². The fraction of sp³-hybridized carbons (Fsp3) is 0.467. The predicted octanol–water partition coefficient (Wildman–Crippen LogP) is 0.772. The monoisotopic (exact) mass is 324 g/mol. The van der Waals surface area contributed by atoms with E-state index >= 15 is 0 Å². The van der Waals surface area contributed by atoms with E-state index in [-0.39, 0.29) is 11.8 Å². The maximum atomic E-state index is 12.0. The summed E-state index contributed by atoms with van der Waals surface area (Å²) in [6.45, 7) is 3.32. The molecule has 2 amide bonds. The molecule has 0 bridgehead atoms. The molecule has 0 radical (unpaired) electrons. The second kappa shape index (κ2) is 8.12. The Morgan fingerprint density at radius 3 is 2.50 bits per heavy atom. The molecular formula is C15H21ClN4O2. The third-order valence-electron chi connectivity index (χ3n) is 3.60. The van der Waals surface area contributed by atoms with Crippen LogP contribution in [0.25, 0.3) is 0 Å². The van der Waals surface area contributed by atoms with Crippen LogP contribution in [0.3, 0.4) is 0 Å². The van der Waals surface area contributed by atoms with Gasteiger partial charge in [0, 0.05) is 39.1 Å². The molecule has 2 rings (SSSR count). The molecule has 0 saturated carbocycles. The van der Waals surface area contributed by atoms with Gasteiger partial charge in [0.1, 0.15) is 0 Å². The Bertz CT molecular complexity index is 530. The minimum absolute atomic E-state index is 0.0858. The molecule has 3 N–H and O–H groups in total. The van der Waals surface area contributed by atoms with Gasteiger partial charge >= 0.3 is 0 Å². The highest BCUT2D eigenvalue weighted by Gasteiger charge is 2.21. The van der Waals surface area contributed by atoms with Gasteiger partial charge < -0.3 is 16.0 Å². The van der Waals surface area contributed by atoms with Crippen LogP contribution in [0.2, 0.25) is 5.02 Å². The van der Waals surface area contributed by atoms with Crippen LogP contribution in [0.5, 0.6) is 0 Å². The Kier molecular flexibility index (Phi) is 6.18. The zero-order chi connectivity index (χ0) is 15.9. The van der Waals surface area contributed by atoms with Crippen molar-refractivity contribution in [1.82, 2.24) is 9.80 Å². The molecule has 1 aliphatic rings. The third-order valence-corrected chi connectivity index (χ3v) is 3.93. The highest BCUT2D eigenvalue weighted by Crippen LogP contribution is 2.20. The van der Waals surface area contributed by atoms with Crippen molar-refractivity contribution in [3.05, 3.63) is 29.3 Å². The molecule has 0 atom stereocenters. The molecule has 0 unspecified atom stereocenters. The number of hydrogen-bond donors (Lipinski definition) is 2. The Balaban J connectivity index is 1.77. The third kappa shape index (κ3) is 4.69. The standard InChI is InChI=1S/C15H21ClN4O2/c16-12-3-1-2-4-13(12)18-14(21)11-19-7-9-20(10-8-19)15(22)5-6-17/h1-4H,5-11,17H2,(H,18,21). The number of nitrogens with zero attached hydrogens (tertiary/aromatic N) is 2. The Morgan fingerprint density at radius 2 is 1.86 bits per heavy atom. The van der Waals surface area contributed by atoms with E-state index in [4.69, 9.17) is 17.3 Å². The predicted molar refractivity (Wildman–Crippen MR) is 86.8 cm³/mol. The number of rotatable bonds is 5. The largest absolute Gasteiger partial charge is 0.340 e. The highest BCUT2D eigenvalue weighted by molar-refractivity contribution is 6.33. The van der Waals surface area contributed by atoms with Crippen LogP contribution in [0, 0.1) is 0 Å². The summed E-state index contributed by atoms with van der Waals surface area (Å²) in [6, 6.07) is 7.14. The Hall–Kier alpha value is -1.63. The topological polar surface area (TPSA) is 78.7 Å². The SMILES string of the molecule is NCCC(=O)N1CCN(CC(=O)Nc2ccccc2Cl)CC1. The average Bonchev–Trinajstić information content (AvgIpc) is 2.50. The number of halogens is 1. The van der Waals surface area contributed by atoms with E-state index in [0.717, 1.165) is 0 Å². The molecule has 120 valence electrons. The van der Waals surface area contributed by atoms with E-state index in [2.05, 4.69) is 5.32 Å². The van der Waals surface area contributed by atoms with E-state index in [9.17, 15) is 9.59 Å². The highest BCUT2D eigenvalue weighted by atomic mass is 35.5. The molecular weight excluding hydrogens is 304 g/mol. The lowest BCUT2D eigenvalue weighted by Crippen LogP contribution is -2.50. The van der Waals surface area contributed by atoms with Gasteiger partial charge in [-0.25, -0.2) is 0 Å². The van der Waals surface area contributed by atoms with Crippen LogP contribution in [-0.4, -0.2) is 60.9 Å². The number of carbonyl (C=O) groups excluding carboxylic acids is 2. The van der Waals surface area contributed by atoms with Gasteiger partial charge in [0.2, 0.25) is 11.8 Å². The van der Waals surface area contributed by atoms with Crippen molar-refractivity contribution in [1.29, 1.82) is 0 Å². The lowest BCUT2D eigenvalue weighted by atomic mass is 10.2. The van der Waals surface area contributed by atoms with Crippen LogP contribution in [-0.2, 0) is 9.59 Å². The molecule has 1 fully saturated rings. The first-order valence-electron chi connectivity index (χ1n) is 7.34. The number of carbonyl (C=O) groups is 2. The fourth-order valence-corrected chi connectivity index (χ4v) is 2.58. The van der Waals surface area contributed by atoms with Crippen LogP contribution in [0.4, 0.5) is 5.69 Å². The van der Waals surface area contributed by atoms with Gasteiger partial charge in [0.05, 0.1) is 17.3 Å². The number of hydrogen-bond acceptors (Lipinski definition) is 4. The lowest BCUT2D eigenvalue weighted by molar-refractivity contribution is -0.132. The van der Waals surface area contributed by atoms with Crippen molar-refractivity contribution in [2.24, 2.45) is 5.73 Å². The molecule has 0 aliphatic carbocycles. The van der Waals surface area contributed by atoms with Crippen LogP contribution < -0.4 is 11.1 Å². The average molecular weight is 325 g/mol. The van der Waals surface area contributed by atoms with Gasteiger partial charge in [0.15, 0.2) is 0 Å². The minimum atomic E-state index is -0.102. The molecule has 1 aromatic rings. The van der Waals surface area contributed by atoms with Crippen molar-refractivity contribution in [2.45, 2.75) is 6.42 Å². The zero-order valence-electron chi connectivity index (χ0n) is 12.4. The first kappa shape index (κ1) is 16.7. The van der Waals surface area contributed by atoms with E-state index in [1.807, 2.05) is 17.0 Å². The van der Waals surface area contributed by atoms with Gasteiger partial charge in [-0.15, -0.1) is 0 Å². The summed E-state index contributed by atoms with van der Waals surface area (Å²) in [5.74, 6) is -0.0162.